The van der Waals surface area contributed by atoms with Crippen LogP contribution in [-0.2, 0) is 6.42 Å². The molecule has 2 unspecified atom stereocenters. The summed E-state index contributed by atoms with van der Waals surface area (Å²) in [7, 11) is 0. The normalized spacial score (nSPS) is 27.7. The zero-order valence-electron chi connectivity index (χ0n) is 10.8. The van der Waals surface area contributed by atoms with Crippen molar-refractivity contribution in [3.63, 3.8) is 0 Å². The van der Waals surface area contributed by atoms with Crippen LogP contribution in [0.15, 0.2) is 34.3 Å². The first-order chi connectivity index (χ1) is 9.28. The molecule has 0 saturated carbocycles. The lowest BCUT2D eigenvalue weighted by Gasteiger charge is -2.25. The molecule has 1 aromatic rings. The fourth-order valence-electron chi connectivity index (χ4n) is 3.06. The minimum atomic E-state index is 0.120. The van der Waals surface area contributed by atoms with Gasteiger partial charge in [-0.05, 0) is 37.4 Å². The minimum absolute atomic E-state index is 0.120. The van der Waals surface area contributed by atoms with Crippen molar-refractivity contribution in [1.82, 2.24) is 4.90 Å². The number of fused-ring (bicyclic) bond motifs is 1. The van der Waals surface area contributed by atoms with E-state index in [0.717, 1.165) is 32.4 Å². The summed E-state index contributed by atoms with van der Waals surface area (Å²) in [4.78, 5) is 3.77. The summed E-state index contributed by atoms with van der Waals surface area (Å²) < 4.78 is 0. The Morgan fingerprint density at radius 3 is 3.11 bits per heavy atom. The molecule has 19 heavy (non-hydrogen) atoms. The van der Waals surface area contributed by atoms with Crippen LogP contribution >= 0.6 is 11.8 Å². The van der Waals surface area contributed by atoms with Crippen LogP contribution in [-0.4, -0.2) is 40.3 Å². The number of nitrogens with two attached hydrogens (primary N) is 1. The quantitative estimate of drug-likeness (QED) is 0.383. The van der Waals surface area contributed by atoms with E-state index in [9.17, 15) is 0 Å². The van der Waals surface area contributed by atoms with Crippen LogP contribution in [0.25, 0.3) is 0 Å². The molecule has 1 saturated heterocycles. The highest BCUT2D eigenvalue weighted by molar-refractivity contribution is 8.00. The van der Waals surface area contributed by atoms with E-state index in [1.807, 2.05) is 11.8 Å². The molecule has 4 nitrogen and oxygen atoms in total. The number of oxime groups is 1. The van der Waals surface area contributed by atoms with Gasteiger partial charge in [0, 0.05) is 16.7 Å². The van der Waals surface area contributed by atoms with Crippen LogP contribution < -0.4 is 5.73 Å². The Kier molecular flexibility index (Phi) is 3.66. The largest absolute Gasteiger partial charge is 0.409 e. The fourth-order valence-corrected chi connectivity index (χ4v) is 4.41. The molecule has 3 rings (SSSR count). The smallest absolute Gasteiger partial charge is 0.156 e. The standard InChI is InChI=1S/C14H19N3OS/c15-14(16-18)12-5-3-7-17(12)9-11-8-10-4-1-2-6-13(10)19-11/h1-2,4,6,11-12,18H,3,5,7-9H2,(H2,15,16). The van der Waals surface area contributed by atoms with Crippen LogP contribution in [0.1, 0.15) is 18.4 Å². The molecule has 3 N–H and O–H groups in total. The molecule has 2 aliphatic rings. The predicted octanol–water partition coefficient (Wildman–Crippen LogP) is 1.91. The summed E-state index contributed by atoms with van der Waals surface area (Å²) in [5.74, 6) is 0.359. The van der Waals surface area contributed by atoms with Gasteiger partial charge in [0.25, 0.3) is 0 Å². The Labute approximate surface area is 117 Å². The summed E-state index contributed by atoms with van der Waals surface area (Å²) in [5.41, 5.74) is 7.23. The second kappa shape index (κ2) is 5.43. The van der Waals surface area contributed by atoms with E-state index < -0.39 is 0 Å². The molecule has 2 heterocycles. The lowest BCUT2D eigenvalue weighted by molar-refractivity contribution is 0.281. The van der Waals surface area contributed by atoms with E-state index in [1.54, 1.807) is 0 Å². The van der Waals surface area contributed by atoms with Gasteiger partial charge in [0.15, 0.2) is 5.84 Å². The topological polar surface area (TPSA) is 61.9 Å². The number of nitrogens with zero attached hydrogens (tertiary/aromatic N) is 2. The van der Waals surface area contributed by atoms with Gasteiger partial charge >= 0.3 is 0 Å². The highest BCUT2D eigenvalue weighted by Crippen LogP contribution is 2.37. The van der Waals surface area contributed by atoms with Crippen LogP contribution in [0.4, 0.5) is 0 Å². The summed E-state index contributed by atoms with van der Waals surface area (Å²) in [6, 6.07) is 8.74. The second-order valence-electron chi connectivity index (χ2n) is 5.23. The third-order valence-corrected chi connectivity index (χ3v) is 5.27. The lowest BCUT2D eigenvalue weighted by Crippen LogP contribution is -2.43. The van der Waals surface area contributed by atoms with Gasteiger partial charge in [-0.15, -0.1) is 11.8 Å². The average Bonchev–Trinajstić information content (AvgIpc) is 3.04. The Hall–Kier alpha value is -1.20. The summed E-state index contributed by atoms with van der Waals surface area (Å²) in [6.07, 6.45) is 3.26. The van der Waals surface area contributed by atoms with E-state index >= 15 is 0 Å². The van der Waals surface area contributed by atoms with Gasteiger partial charge in [-0.3, -0.25) is 4.90 Å². The number of hydrogen-bond acceptors (Lipinski definition) is 4. The van der Waals surface area contributed by atoms with Crippen LogP contribution in [0.3, 0.4) is 0 Å². The zero-order chi connectivity index (χ0) is 13.2. The molecular weight excluding hydrogens is 258 g/mol. The van der Waals surface area contributed by atoms with Crippen molar-refractivity contribution in [2.24, 2.45) is 10.9 Å². The summed E-state index contributed by atoms with van der Waals surface area (Å²) >= 11 is 1.96. The van der Waals surface area contributed by atoms with Crippen molar-refractivity contribution >= 4 is 17.6 Å². The van der Waals surface area contributed by atoms with Gasteiger partial charge in [0.05, 0.1) is 6.04 Å². The number of benzene rings is 1. The minimum Gasteiger partial charge on any atom is -0.409 e. The van der Waals surface area contributed by atoms with Crippen molar-refractivity contribution in [3.8, 4) is 0 Å². The Morgan fingerprint density at radius 1 is 1.47 bits per heavy atom. The average molecular weight is 277 g/mol. The molecular formula is C14H19N3OS. The molecule has 0 aromatic heterocycles. The van der Waals surface area contributed by atoms with E-state index in [2.05, 4.69) is 34.3 Å². The molecule has 0 bridgehead atoms. The third-order valence-electron chi connectivity index (χ3n) is 3.97. The maximum Gasteiger partial charge on any atom is 0.156 e. The Bertz CT molecular complexity index is 466. The number of likely N-dealkylation sites (tertiary alicyclic amines) is 1. The first-order valence-electron chi connectivity index (χ1n) is 6.74. The van der Waals surface area contributed by atoms with Crippen molar-refractivity contribution in [2.75, 3.05) is 13.1 Å². The molecule has 102 valence electrons. The van der Waals surface area contributed by atoms with Gasteiger partial charge in [0.1, 0.15) is 0 Å². The summed E-state index contributed by atoms with van der Waals surface area (Å²) in [5, 5.41) is 12.6. The fraction of sp³-hybridized carbons (Fsp3) is 0.500. The van der Waals surface area contributed by atoms with Crippen LogP contribution in [0, 0.1) is 0 Å². The monoisotopic (exact) mass is 277 g/mol. The molecule has 2 aliphatic heterocycles. The van der Waals surface area contributed by atoms with E-state index in [1.165, 1.54) is 10.5 Å². The molecule has 0 amide bonds. The number of thioether (sulfide) groups is 1. The van der Waals surface area contributed by atoms with E-state index in [-0.39, 0.29) is 6.04 Å². The molecule has 1 fully saturated rings. The molecule has 0 spiro atoms. The number of amidine groups is 1. The molecule has 2 atom stereocenters. The third kappa shape index (κ3) is 2.58. The van der Waals surface area contributed by atoms with Gasteiger partial charge in [-0.1, -0.05) is 23.4 Å². The van der Waals surface area contributed by atoms with Gasteiger partial charge in [0.2, 0.25) is 0 Å². The van der Waals surface area contributed by atoms with Crippen LogP contribution in [0.5, 0.6) is 0 Å². The number of rotatable bonds is 3. The predicted molar refractivity (Wildman–Crippen MR) is 77.8 cm³/mol. The van der Waals surface area contributed by atoms with E-state index in [4.69, 9.17) is 10.9 Å². The second-order valence-corrected chi connectivity index (χ2v) is 6.57. The summed E-state index contributed by atoms with van der Waals surface area (Å²) in [6.45, 7) is 2.06. The highest BCUT2D eigenvalue weighted by Gasteiger charge is 2.32. The molecule has 1 aromatic carbocycles. The Balaban J connectivity index is 1.64. The van der Waals surface area contributed by atoms with Crippen LogP contribution in [0.2, 0.25) is 0 Å². The maximum atomic E-state index is 8.85. The lowest BCUT2D eigenvalue weighted by atomic mass is 10.1. The van der Waals surface area contributed by atoms with Gasteiger partial charge < -0.3 is 10.9 Å². The van der Waals surface area contributed by atoms with E-state index in [0.29, 0.717) is 11.1 Å². The van der Waals surface area contributed by atoms with Gasteiger partial charge in [-0.2, -0.15) is 0 Å². The molecule has 5 heteroatoms. The van der Waals surface area contributed by atoms with Crippen molar-refractivity contribution in [2.45, 2.75) is 35.4 Å². The SMILES string of the molecule is NC(=NO)C1CCCN1CC1Cc2ccccc2S1. The zero-order valence-corrected chi connectivity index (χ0v) is 11.6. The first-order valence-corrected chi connectivity index (χ1v) is 7.62. The number of hydrogen-bond donors (Lipinski definition) is 2. The van der Waals surface area contributed by atoms with Gasteiger partial charge in [-0.25, -0.2) is 0 Å². The van der Waals surface area contributed by atoms with Crippen molar-refractivity contribution < 1.29 is 5.21 Å². The maximum absolute atomic E-state index is 8.85. The molecule has 0 aliphatic carbocycles. The van der Waals surface area contributed by atoms with Crippen molar-refractivity contribution in [3.05, 3.63) is 29.8 Å². The highest BCUT2D eigenvalue weighted by atomic mass is 32.2. The van der Waals surface area contributed by atoms with Crippen molar-refractivity contribution in [1.29, 1.82) is 0 Å². The molecule has 0 radical (unpaired) electrons. The first kappa shape index (κ1) is 12.8. The Morgan fingerprint density at radius 2 is 2.32 bits per heavy atom.